The second-order valence-corrected chi connectivity index (χ2v) is 8.43. The monoisotopic (exact) mass is 445 g/mol. The summed E-state index contributed by atoms with van der Waals surface area (Å²) in [6.07, 6.45) is 1.49. The minimum absolute atomic E-state index is 0.0937. The standard InChI is InChI=1S/C20H19N3O5S2/c1-10-11(2)30-18-16(10)17(21-9-22-18)29-8-15(24)23-14-6-12(19(25)27-3)5-13(7-14)20(26)28-4/h5-7,9H,8H2,1-4H3,(H,23,24). The fraction of sp³-hybridized carbons (Fsp3) is 0.250. The summed E-state index contributed by atoms with van der Waals surface area (Å²) in [5.41, 5.74) is 1.65. The van der Waals surface area contributed by atoms with Gasteiger partial charge in [-0.15, -0.1) is 11.3 Å². The number of aromatic nitrogens is 2. The van der Waals surface area contributed by atoms with Crippen LogP contribution in [-0.4, -0.2) is 47.8 Å². The second-order valence-electron chi connectivity index (χ2n) is 6.26. The molecule has 0 fully saturated rings. The van der Waals surface area contributed by atoms with E-state index in [0.29, 0.717) is 5.69 Å². The van der Waals surface area contributed by atoms with Gasteiger partial charge >= 0.3 is 11.9 Å². The first-order valence-corrected chi connectivity index (χ1v) is 10.6. The highest BCUT2D eigenvalue weighted by Crippen LogP contribution is 2.34. The topological polar surface area (TPSA) is 107 Å². The van der Waals surface area contributed by atoms with Gasteiger partial charge in [0.25, 0.3) is 0 Å². The molecule has 0 radical (unpaired) electrons. The highest BCUT2D eigenvalue weighted by molar-refractivity contribution is 8.00. The first-order valence-electron chi connectivity index (χ1n) is 8.79. The molecule has 2 heterocycles. The van der Waals surface area contributed by atoms with Crippen molar-refractivity contribution in [3.05, 3.63) is 46.1 Å². The molecule has 0 unspecified atom stereocenters. The highest BCUT2D eigenvalue weighted by Gasteiger charge is 2.16. The third kappa shape index (κ3) is 4.60. The van der Waals surface area contributed by atoms with Crippen LogP contribution in [0.4, 0.5) is 5.69 Å². The number of thioether (sulfide) groups is 1. The van der Waals surface area contributed by atoms with Crippen molar-refractivity contribution in [2.24, 2.45) is 0 Å². The molecule has 0 aliphatic heterocycles. The lowest BCUT2D eigenvalue weighted by Gasteiger charge is -2.10. The maximum absolute atomic E-state index is 12.5. The Morgan fingerprint density at radius 1 is 1.03 bits per heavy atom. The summed E-state index contributed by atoms with van der Waals surface area (Å²) >= 11 is 2.89. The number of rotatable bonds is 6. The Balaban J connectivity index is 1.78. The van der Waals surface area contributed by atoms with Crippen molar-refractivity contribution in [3.8, 4) is 0 Å². The van der Waals surface area contributed by atoms with E-state index in [1.54, 1.807) is 11.3 Å². The van der Waals surface area contributed by atoms with Gasteiger partial charge in [-0.3, -0.25) is 4.79 Å². The molecule has 10 heteroatoms. The first kappa shape index (κ1) is 21.7. The Labute approximate surface area is 181 Å². The van der Waals surface area contributed by atoms with Crippen molar-refractivity contribution >= 4 is 56.8 Å². The lowest BCUT2D eigenvalue weighted by Crippen LogP contribution is -2.16. The summed E-state index contributed by atoms with van der Waals surface area (Å²) in [4.78, 5) is 46.9. The summed E-state index contributed by atoms with van der Waals surface area (Å²) in [7, 11) is 2.47. The van der Waals surface area contributed by atoms with Crippen LogP contribution >= 0.6 is 23.1 Å². The first-order chi connectivity index (χ1) is 14.3. The molecule has 0 atom stereocenters. The van der Waals surface area contributed by atoms with Gasteiger partial charge in [-0.1, -0.05) is 11.8 Å². The van der Waals surface area contributed by atoms with Gasteiger partial charge in [0.15, 0.2) is 0 Å². The van der Waals surface area contributed by atoms with Crippen LogP contribution in [0.3, 0.4) is 0 Å². The molecule has 156 valence electrons. The van der Waals surface area contributed by atoms with Crippen LogP contribution in [0.15, 0.2) is 29.6 Å². The predicted octanol–water partition coefficient (Wildman–Crippen LogP) is 3.61. The van der Waals surface area contributed by atoms with Crippen LogP contribution in [0.1, 0.15) is 31.2 Å². The molecule has 0 aliphatic carbocycles. The third-order valence-electron chi connectivity index (χ3n) is 4.33. The molecule has 3 rings (SSSR count). The number of methoxy groups -OCH3 is 2. The smallest absolute Gasteiger partial charge is 0.337 e. The van der Waals surface area contributed by atoms with Gasteiger partial charge in [-0.2, -0.15) is 0 Å². The largest absolute Gasteiger partial charge is 0.465 e. The predicted molar refractivity (Wildman–Crippen MR) is 115 cm³/mol. The summed E-state index contributed by atoms with van der Waals surface area (Å²) in [6.45, 7) is 4.03. The van der Waals surface area contributed by atoms with Crippen LogP contribution < -0.4 is 5.32 Å². The quantitative estimate of drug-likeness (QED) is 0.348. The molecule has 3 aromatic rings. The number of fused-ring (bicyclic) bond motifs is 1. The maximum Gasteiger partial charge on any atom is 0.337 e. The SMILES string of the molecule is COC(=O)c1cc(NC(=O)CSc2ncnc3sc(C)c(C)c23)cc(C(=O)OC)c1. The van der Waals surface area contributed by atoms with Crippen molar-refractivity contribution in [2.45, 2.75) is 18.9 Å². The van der Waals surface area contributed by atoms with Crippen molar-refractivity contribution in [1.82, 2.24) is 9.97 Å². The van der Waals surface area contributed by atoms with Crippen LogP contribution in [0.25, 0.3) is 10.2 Å². The Hall–Kier alpha value is -2.98. The molecule has 0 saturated carbocycles. The molecule has 30 heavy (non-hydrogen) atoms. The van der Waals surface area contributed by atoms with E-state index in [-0.39, 0.29) is 22.8 Å². The fourth-order valence-electron chi connectivity index (χ4n) is 2.76. The van der Waals surface area contributed by atoms with Gasteiger partial charge in [-0.05, 0) is 37.6 Å². The number of amides is 1. The maximum atomic E-state index is 12.5. The number of nitrogens with zero attached hydrogens (tertiary/aromatic N) is 2. The Morgan fingerprint density at radius 3 is 2.27 bits per heavy atom. The van der Waals surface area contributed by atoms with Crippen molar-refractivity contribution < 1.29 is 23.9 Å². The van der Waals surface area contributed by atoms with E-state index in [0.717, 1.165) is 25.7 Å². The molecular weight excluding hydrogens is 426 g/mol. The number of thiophene rings is 1. The summed E-state index contributed by atoms with van der Waals surface area (Å²) in [5.74, 6) is -1.47. The number of esters is 2. The summed E-state index contributed by atoms with van der Waals surface area (Å²) < 4.78 is 9.41. The Morgan fingerprint density at radius 2 is 1.67 bits per heavy atom. The number of hydrogen-bond acceptors (Lipinski definition) is 9. The summed E-state index contributed by atoms with van der Waals surface area (Å²) in [5, 5.41) is 4.39. The number of ether oxygens (including phenoxy) is 2. The Bertz CT molecular complexity index is 1110. The van der Waals surface area contributed by atoms with E-state index in [4.69, 9.17) is 9.47 Å². The van der Waals surface area contributed by atoms with Crippen LogP contribution in [0.5, 0.6) is 0 Å². The van der Waals surface area contributed by atoms with Gasteiger partial charge in [0.2, 0.25) is 5.91 Å². The molecule has 1 amide bonds. The number of carbonyl (C=O) groups is 3. The van der Waals surface area contributed by atoms with Crippen molar-refractivity contribution in [3.63, 3.8) is 0 Å². The average Bonchev–Trinajstić information content (AvgIpc) is 3.04. The number of carbonyl (C=O) groups excluding carboxylic acids is 3. The van der Waals surface area contributed by atoms with Crippen LogP contribution in [0.2, 0.25) is 0 Å². The van der Waals surface area contributed by atoms with E-state index in [2.05, 4.69) is 15.3 Å². The van der Waals surface area contributed by atoms with E-state index in [9.17, 15) is 14.4 Å². The normalized spacial score (nSPS) is 10.7. The molecule has 0 saturated heterocycles. The van der Waals surface area contributed by atoms with E-state index in [1.165, 1.54) is 50.5 Å². The van der Waals surface area contributed by atoms with Gasteiger partial charge in [-0.25, -0.2) is 19.6 Å². The molecule has 2 aromatic heterocycles. The molecule has 1 N–H and O–H groups in total. The van der Waals surface area contributed by atoms with E-state index in [1.807, 2.05) is 13.8 Å². The lowest BCUT2D eigenvalue weighted by atomic mass is 10.1. The molecule has 0 spiro atoms. The molecule has 1 aromatic carbocycles. The lowest BCUT2D eigenvalue weighted by molar-refractivity contribution is -0.113. The Kier molecular flexibility index (Phi) is 6.68. The average molecular weight is 446 g/mol. The minimum Gasteiger partial charge on any atom is -0.465 e. The zero-order valence-corrected chi connectivity index (χ0v) is 18.4. The van der Waals surface area contributed by atoms with Gasteiger partial charge < -0.3 is 14.8 Å². The molecule has 0 bridgehead atoms. The van der Waals surface area contributed by atoms with E-state index < -0.39 is 11.9 Å². The molecule has 8 nitrogen and oxygen atoms in total. The third-order valence-corrected chi connectivity index (χ3v) is 6.43. The van der Waals surface area contributed by atoms with Gasteiger partial charge in [0, 0.05) is 16.0 Å². The number of benzene rings is 1. The van der Waals surface area contributed by atoms with Crippen molar-refractivity contribution in [2.75, 3.05) is 25.3 Å². The summed E-state index contributed by atoms with van der Waals surface area (Å²) in [6, 6.07) is 4.23. The van der Waals surface area contributed by atoms with Crippen LogP contribution in [0, 0.1) is 13.8 Å². The highest BCUT2D eigenvalue weighted by atomic mass is 32.2. The number of aryl methyl sites for hydroxylation is 2. The number of hydrogen-bond donors (Lipinski definition) is 1. The van der Waals surface area contributed by atoms with E-state index >= 15 is 0 Å². The molecular formula is C20H19N3O5S2. The van der Waals surface area contributed by atoms with Gasteiger partial charge in [0.05, 0.1) is 31.1 Å². The minimum atomic E-state index is -0.627. The number of anilines is 1. The molecule has 0 aliphatic rings. The second kappa shape index (κ2) is 9.23. The zero-order chi connectivity index (χ0) is 21.8. The van der Waals surface area contributed by atoms with Gasteiger partial charge in [0.1, 0.15) is 16.2 Å². The van der Waals surface area contributed by atoms with Crippen LogP contribution in [-0.2, 0) is 14.3 Å². The van der Waals surface area contributed by atoms with Crippen molar-refractivity contribution in [1.29, 1.82) is 0 Å². The fourth-order valence-corrected chi connectivity index (χ4v) is 4.68. The zero-order valence-electron chi connectivity index (χ0n) is 16.8. The number of nitrogens with one attached hydrogen (secondary N) is 1.